The Bertz CT molecular complexity index is 538. The fourth-order valence-electron chi connectivity index (χ4n) is 2.98. The Balaban J connectivity index is 2.01. The van der Waals surface area contributed by atoms with Gasteiger partial charge in [-0.25, -0.2) is 4.39 Å². The summed E-state index contributed by atoms with van der Waals surface area (Å²) in [7, 11) is 0. The van der Waals surface area contributed by atoms with Crippen molar-refractivity contribution < 1.29 is 19.0 Å². The average Bonchev–Trinajstić information content (AvgIpc) is 2.40. The lowest BCUT2D eigenvalue weighted by Gasteiger charge is -2.38. The van der Waals surface area contributed by atoms with E-state index in [9.17, 15) is 14.3 Å². The zero-order valence-corrected chi connectivity index (χ0v) is 12.8. The molecule has 0 radical (unpaired) electrons. The Morgan fingerprint density at radius 2 is 2.32 bits per heavy atom. The number of aliphatic hydroxyl groups is 1. The number of halogens is 1. The molecule has 5 nitrogen and oxygen atoms in total. The van der Waals surface area contributed by atoms with Crippen LogP contribution in [0.1, 0.15) is 31.7 Å². The predicted octanol–water partition coefficient (Wildman–Crippen LogP) is 1.43. The van der Waals surface area contributed by atoms with E-state index < -0.39 is 11.5 Å². The predicted molar refractivity (Wildman–Crippen MR) is 80.8 cm³/mol. The lowest BCUT2D eigenvalue weighted by Crippen LogP contribution is -2.49. The molecule has 2 rings (SSSR count). The van der Waals surface area contributed by atoms with Gasteiger partial charge in [0.25, 0.3) is 0 Å². The van der Waals surface area contributed by atoms with E-state index in [0.29, 0.717) is 26.1 Å². The lowest BCUT2D eigenvalue weighted by atomic mass is 9.89. The van der Waals surface area contributed by atoms with Gasteiger partial charge in [0.1, 0.15) is 0 Å². The zero-order chi connectivity index (χ0) is 16.2. The van der Waals surface area contributed by atoms with Crippen molar-refractivity contribution in [1.29, 1.82) is 0 Å². The molecule has 1 unspecified atom stereocenters. The second-order valence-corrected chi connectivity index (χ2v) is 5.88. The van der Waals surface area contributed by atoms with Crippen molar-refractivity contribution in [3.8, 4) is 5.75 Å². The maximum Gasteiger partial charge on any atom is 0.220 e. The first-order valence-corrected chi connectivity index (χ1v) is 7.56. The van der Waals surface area contributed by atoms with Gasteiger partial charge in [-0.1, -0.05) is 6.07 Å². The molecule has 1 aromatic carbocycles. The number of nitrogens with zero attached hydrogens (tertiary/aromatic N) is 1. The van der Waals surface area contributed by atoms with Crippen molar-refractivity contribution in [1.82, 2.24) is 4.90 Å². The van der Waals surface area contributed by atoms with Gasteiger partial charge >= 0.3 is 0 Å². The van der Waals surface area contributed by atoms with Crippen molar-refractivity contribution in [2.75, 3.05) is 19.7 Å². The Hall–Kier alpha value is -1.66. The molecule has 6 heteroatoms. The molecule has 1 aromatic rings. The molecule has 1 saturated heterocycles. The Labute approximate surface area is 129 Å². The van der Waals surface area contributed by atoms with Crippen LogP contribution in [0.2, 0.25) is 0 Å². The van der Waals surface area contributed by atoms with E-state index in [2.05, 4.69) is 0 Å². The number of β-amino-alcohol motifs (C(OH)–C–C–N with tert-alkyl or cyclic N) is 1. The maximum absolute atomic E-state index is 13.9. The molecule has 122 valence electrons. The molecule has 1 amide bonds. The summed E-state index contributed by atoms with van der Waals surface area (Å²) >= 11 is 0. The highest BCUT2D eigenvalue weighted by Crippen LogP contribution is 2.26. The molecule has 1 atom stereocenters. The van der Waals surface area contributed by atoms with Gasteiger partial charge in [-0.15, -0.1) is 0 Å². The third-order valence-electron chi connectivity index (χ3n) is 3.84. The minimum atomic E-state index is -1.08. The van der Waals surface area contributed by atoms with Gasteiger partial charge in [-0.3, -0.25) is 9.69 Å². The largest absolute Gasteiger partial charge is 0.491 e. The number of hydrogen-bond acceptors (Lipinski definition) is 4. The average molecular weight is 310 g/mol. The summed E-state index contributed by atoms with van der Waals surface area (Å²) in [6, 6.07) is 4.89. The second kappa shape index (κ2) is 7.07. The van der Waals surface area contributed by atoms with E-state index in [4.69, 9.17) is 10.5 Å². The monoisotopic (exact) mass is 310 g/mol. The van der Waals surface area contributed by atoms with Gasteiger partial charge < -0.3 is 15.6 Å². The summed E-state index contributed by atoms with van der Waals surface area (Å²) < 4.78 is 19.0. The van der Waals surface area contributed by atoms with E-state index in [1.807, 2.05) is 11.0 Å². The summed E-state index contributed by atoms with van der Waals surface area (Å²) in [5.41, 5.74) is 4.92. The van der Waals surface area contributed by atoms with Gasteiger partial charge in [-0.05, 0) is 44.0 Å². The number of primary amides is 1. The molecule has 1 aliphatic rings. The van der Waals surface area contributed by atoms with Crippen molar-refractivity contribution in [2.24, 2.45) is 5.73 Å². The third-order valence-corrected chi connectivity index (χ3v) is 3.84. The van der Waals surface area contributed by atoms with Crippen molar-refractivity contribution in [3.05, 3.63) is 29.6 Å². The van der Waals surface area contributed by atoms with Crippen molar-refractivity contribution in [2.45, 2.75) is 38.3 Å². The molecule has 22 heavy (non-hydrogen) atoms. The summed E-state index contributed by atoms with van der Waals surface area (Å²) in [5.74, 6) is -0.643. The molecular formula is C16H23FN2O3. The SMILES string of the molecule is CCOc1ccc(CN2CCCC(O)(CC(N)=O)C2)cc1F. The first kappa shape index (κ1) is 16.7. The van der Waals surface area contributed by atoms with Crippen LogP contribution in [0.4, 0.5) is 4.39 Å². The third kappa shape index (κ3) is 4.42. The molecule has 0 saturated carbocycles. The number of ether oxygens (including phenoxy) is 1. The summed E-state index contributed by atoms with van der Waals surface area (Å²) in [6.07, 6.45) is 1.30. The van der Waals surface area contributed by atoms with Crippen LogP contribution >= 0.6 is 0 Å². The second-order valence-electron chi connectivity index (χ2n) is 5.88. The molecule has 3 N–H and O–H groups in total. The summed E-state index contributed by atoms with van der Waals surface area (Å²) in [5, 5.41) is 10.4. The fraction of sp³-hybridized carbons (Fsp3) is 0.562. The molecule has 1 heterocycles. The highest BCUT2D eigenvalue weighted by atomic mass is 19.1. The van der Waals surface area contributed by atoms with Crippen LogP contribution in [0, 0.1) is 5.82 Å². The highest BCUT2D eigenvalue weighted by molar-refractivity contribution is 5.75. The number of likely N-dealkylation sites (tertiary alicyclic amines) is 1. The van der Waals surface area contributed by atoms with Crippen LogP contribution in [0.15, 0.2) is 18.2 Å². The van der Waals surface area contributed by atoms with E-state index in [1.165, 1.54) is 6.07 Å². The first-order valence-electron chi connectivity index (χ1n) is 7.56. The van der Waals surface area contributed by atoms with Gasteiger partial charge in [-0.2, -0.15) is 0 Å². The number of nitrogens with two attached hydrogens (primary N) is 1. The fourth-order valence-corrected chi connectivity index (χ4v) is 2.98. The van der Waals surface area contributed by atoms with Crippen LogP contribution in [0.5, 0.6) is 5.75 Å². The Morgan fingerprint density at radius 3 is 2.95 bits per heavy atom. The lowest BCUT2D eigenvalue weighted by molar-refractivity contribution is -0.125. The highest BCUT2D eigenvalue weighted by Gasteiger charge is 2.34. The number of rotatable bonds is 6. The minimum Gasteiger partial charge on any atom is -0.491 e. The molecular weight excluding hydrogens is 287 g/mol. The van der Waals surface area contributed by atoms with Crippen LogP contribution in [0.3, 0.4) is 0 Å². The summed E-state index contributed by atoms with van der Waals surface area (Å²) in [6.45, 7) is 3.91. The van der Waals surface area contributed by atoms with Gasteiger partial charge in [0.2, 0.25) is 5.91 Å². The van der Waals surface area contributed by atoms with Crippen LogP contribution < -0.4 is 10.5 Å². The minimum absolute atomic E-state index is 0.0405. The van der Waals surface area contributed by atoms with E-state index in [-0.39, 0.29) is 18.0 Å². The molecule has 1 fully saturated rings. The maximum atomic E-state index is 13.9. The van der Waals surface area contributed by atoms with E-state index in [1.54, 1.807) is 13.0 Å². The van der Waals surface area contributed by atoms with Gasteiger partial charge in [0.05, 0.1) is 18.6 Å². The number of carbonyl (C=O) groups is 1. The molecule has 0 aromatic heterocycles. The number of hydrogen-bond donors (Lipinski definition) is 2. The van der Waals surface area contributed by atoms with E-state index in [0.717, 1.165) is 18.5 Å². The van der Waals surface area contributed by atoms with Crippen molar-refractivity contribution in [3.63, 3.8) is 0 Å². The zero-order valence-electron chi connectivity index (χ0n) is 12.8. The quantitative estimate of drug-likeness (QED) is 0.833. The number of benzene rings is 1. The van der Waals surface area contributed by atoms with Crippen LogP contribution in [-0.4, -0.2) is 41.2 Å². The summed E-state index contributed by atoms with van der Waals surface area (Å²) in [4.78, 5) is 13.1. The molecule has 1 aliphatic heterocycles. The Kier molecular flexibility index (Phi) is 5.37. The number of carbonyl (C=O) groups excluding carboxylic acids is 1. The smallest absolute Gasteiger partial charge is 0.220 e. The number of piperidine rings is 1. The molecule has 0 spiro atoms. The molecule has 0 bridgehead atoms. The van der Waals surface area contributed by atoms with Crippen LogP contribution in [0.25, 0.3) is 0 Å². The van der Waals surface area contributed by atoms with Gasteiger partial charge in [0, 0.05) is 13.1 Å². The van der Waals surface area contributed by atoms with E-state index >= 15 is 0 Å². The standard InChI is InChI=1S/C16H23FN2O3/c1-2-22-14-5-4-12(8-13(14)17)10-19-7-3-6-16(21,11-19)9-15(18)20/h4-5,8,21H,2-3,6-7,9-11H2,1H3,(H2,18,20). The normalized spacial score (nSPS) is 22.5. The number of amides is 1. The van der Waals surface area contributed by atoms with Gasteiger partial charge in [0.15, 0.2) is 11.6 Å². The van der Waals surface area contributed by atoms with Crippen molar-refractivity contribution >= 4 is 5.91 Å². The molecule has 0 aliphatic carbocycles. The first-order chi connectivity index (χ1) is 10.4. The Morgan fingerprint density at radius 1 is 1.55 bits per heavy atom. The topological polar surface area (TPSA) is 75.8 Å². The van der Waals surface area contributed by atoms with Crippen LogP contribution in [-0.2, 0) is 11.3 Å².